The molecule has 3 aromatic rings. The zero-order valence-electron chi connectivity index (χ0n) is 18.6. The summed E-state index contributed by atoms with van der Waals surface area (Å²) in [5.41, 5.74) is 1.67. The monoisotopic (exact) mass is 483 g/mol. The fraction of sp³-hybridized carbons (Fsp3) is 0.231. The van der Waals surface area contributed by atoms with Gasteiger partial charge in [-0.3, -0.25) is 0 Å². The second-order valence-corrected chi connectivity index (χ2v) is 8.39. The highest BCUT2D eigenvalue weighted by molar-refractivity contribution is 6.07. The van der Waals surface area contributed by atoms with Gasteiger partial charge in [0.1, 0.15) is 5.75 Å². The third kappa shape index (κ3) is 3.90. The Hall–Kier alpha value is -3.88. The van der Waals surface area contributed by atoms with E-state index in [0.717, 1.165) is 17.2 Å². The Morgan fingerprint density at radius 3 is 2.37 bits per heavy atom. The van der Waals surface area contributed by atoms with Crippen LogP contribution in [0.1, 0.15) is 35.1 Å². The van der Waals surface area contributed by atoms with Crippen molar-refractivity contribution in [2.45, 2.75) is 31.3 Å². The number of benzene rings is 3. The Kier molecular flexibility index (Phi) is 5.50. The Morgan fingerprint density at radius 2 is 1.71 bits per heavy atom. The number of carbonyl (C=O) groups is 1. The highest BCUT2D eigenvalue weighted by Crippen LogP contribution is 2.55. The molecular weight excluding hydrogens is 462 g/mol. The number of fused-ring (bicyclic) bond motifs is 1. The number of anilines is 1. The molecule has 5 nitrogen and oxygen atoms in total. The third-order valence-electron chi connectivity index (χ3n) is 6.15. The van der Waals surface area contributed by atoms with Gasteiger partial charge < -0.3 is 10.1 Å². The first-order chi connectivity index (χ1) is 16.7. The number of nitrogens with one attached hydrogen (secondary N) is 1. The number of nitrogens with zero attached hydrogens (tertiary/aromatic N) is 2. The summed E-state index contributed by atoms with van der Waals surface area (Å²) in [5.74, 6) is -5.26. The predicted octanol–water partition coefficient (Wildman–Crippen LogP) is 6.36. The maximum absolute atomic E-state index is 14.3. The lowest BCUT2D eigenvalue weighted by molar-refractivity contribution is -0.296. The normalized spacial score (nSPS) is 19.6. The molecule has 5 rings (SSSR count). The van der Waals surface area contributed by atoms with Crippen LogP contribution in [0.15, 0.2) is 77.9 Å². The summed E-state index contributed by atoms with van der Waals surface area (Å²) in [7, 11) is 0. The Labute approximate surface area is 199 Å². The van der Waals surface area contributed by atoms with Gasteiger partial charge in [-0.25, -0.2) is 9.80 Å². The number of hydrazone groups is 1. The average Bonchev–Trinajstić information content (AvgIpc) is 3.38. The van der Waals surface area contributed by atoms with Crippen LogP contribution < -0.4 is 10.1 Å². The van der Waals surface area contributed by atoms with E-state index in [1.54, 1.807) is 6.92 Å². The summed E-state index contributed by atoms with van der Waals surface area (Å²) >= 11 is 0. The van der Waals surface area contributed by atoms with E-state index in [4.69, 9.17) is 0 Å². The van der Waals surface area contributed by atoms with E-state index < -0.39 is 29.4 Å². The summed E-state index contributed by atoms with van der Waals surface area (Å²) in [6.07, 6.45) is -4.50. The topological polar surface area (TPSA) is 53.9 Å². The number of aryl methyl sites for hydroxylation is 1. The van der Waals surface area contributed by atoms with Crippen LogP contribution >= 0.6 is 0 Å². The zero-order valence-corrected chi connectivity index (χ0v) is 18.6. The number of ether oxygens (including phenoxy) is 1. The minimum Gasteiger partial charge on any atom is -0.427 e. The molecule has 0 saturated heterocycles. The van der Waals surface area contributed by atoms with E-state index in [9.17, 15) is 22.4 Å². The van der Waals surface area contributed by atoms with Crippen molar-refractivity contribution in [2.24, 2.45) is 5.10 Å². The van der Waals surface area contributed by atoms with Gasteiger partial charge in [-0.2, -0.15) is 22.7 Å². The van der Waals surface area contributed by atoms with Crippen LogP contribution in [0.25, 0.3) is 0 Å². The van der Waals surface area contributed by atoms with Gasteiger partial charge in [-0.1, -0.05) is 67.6 Å². The zero-order chi connectivity index (χ0) is 24.8. The molecule has 2 amide bonds. The van der Waals surface area contributed by atoms with E-state index in [-0.39, 0.29) is 30.1 Å². The molecule has 0 spiro atoms. The molecule has 3 aromatic carbocycles. The minimum atomic E-state index is -4.66. The molecule has 0 radical (unpaired) electrons. The first kappa shape index (κ1) is 22.9. The van der Waals surface area contributed by atoms with E-state index in [1.807, 2.05) is 60.7 Å². The lowest BCUT2D eigenvalue weighted by Gasteiger charge is -2.17. The first-order valence-electron chi connectivity index (χ1n) is 11.1. The van der Waals surface area contributed by atoms with Crippen molar-refractivity contribution in [3.8, 4) is 5.75 Å². The number of amides is 2. The van der Waals surface area contributed by atoms with Gasteiger partial charge >= 0.3 is 18.1 Å². The van der Waals surface area contributed by atoms with Gasteiger partial charge in [0.25, 0.3) is 0 Å². The SMILES string of the molecule is CCc1cc(NC(=O)N2CC(c3ccccc3)C(c3ccccc3)=N2)cc2c1OC(F)(F)C2(F)F. The summed E-state index contributed by atoms with van der Waals surface area (Å²) in [6, 6.07) is 20.5. The largest absolute Gasteiger partial charge is 0.469 e. The Balaban J connectivity index is 1.45. The van der Waals surface area contributed by atoms with Gasteiger partial charge in [0.15, 0.2) is 0 Å². The highest BCUT2D eigenvalue weighted by Gasteiger charge is 2.67. The van der Waals surface area contributed by atoms with Gasteiger partial charge in [0.2, 0.25) is 0 Å². The molecular formula is C26H21F4N3O2. The minimum absolute atomic E-state index is 0.0359. The van der Waals surface area contributed by atoms with Crippen LogP contribution in [0.5, 0.6) is 5.75 Å². The van der Waals surface area contributed by atoms with Gasteiger partial charge in [-0.15, -0.1) is 0 Å². The molecule has 2 aliphatic heterocycles. The smallest absolute Gasteiger partial charge is 0.427 e. The van der Waals surface area contributed by atoms with Gasteiger partial charge in [0, 0.05) is 11.6 Å². The van der Waals surface area contributed by atoms with Crippen molar-refractivity contribution in [3.05, 3.63) is 95.1 Å². The fourth-order valence-corrected chi connectivity index (χ4v) is 4.36. The van der Waals surface area contributed by atoms with Crippen LogP contribution in [-0.4, -0.2) is 29.4 Å². The molecule has 1 atom stereocenters. The maximum atomic E-state index is 14.3. The van der Waals surface area contributed by atoms with Gasteiger partial charge in [-0.05, 0) is 35.2 Å². The summed E-state index contributed by atoms with van der Waals surface area (Å²) < 4.78 is 60.5. The van der Waals surface area contributed by atoms with Crippen molar-refractivity contribution in [2.75, 3.05) is 11.9 Å². The van der Waals surface area contributed by atoms with Crippen LogP contribution in [-0.2, 0) is 12.3 Å². The molecule has 0 saturated carbocycles. The maximum Gasteiger partial charge on any atom is 0.469 e. The third-order valence-corrected chi connectivity index (χ3v) is 6.15. The highest BCUT2D eigenvalue weighted by atomic mass is 19.3. The number of hydrogen-bond acceptors (Lipinski definition) is 3. The van der Waals surface area contributed by atoms with Crippen molar-refractivity contribution >= 4 is 17.4 Å². The number of carbonyl (C=O) groups excluding carboxylic acids is 1. The van der Waals surface area contributed by atoms with E-state index >= 15 is 0 Å². The van der Waals surface area contributed by atoms with E-state index in [0.29, 0.717) is 5.71 Å². The lowest BCUT2D eigenvalue weighted by Crippen LogP contribution is -2.37. The number of rotatable bonds is 4. The summed E-state index contributed by atoms with van der Waals surface area (Å²) in [5, 5.41) is 8.29. The Morgan fingerprint density at radius 1 is 1.06 bits per heavy atom. The molecule has 0 fully saturated rings. The molecule has 0 aliphatic carbocycles. The van der Waals surface area contributed by atoms with Crippen molar-refractivity contribution in [1.82, 2.24) is 5.01 Å². The van der Waals surface area contributed by atoms with Crippen LogP contribution in [0.4, 0.5) is 28.0 Å². The molecule has 2 heterocycles. The van der Waals surface area contributed by atoms with E-state index in [2.05, 4.69) is 15.2 Å². The van der Waals surface area contributed by atoms with Crippen molar-refractivity contribution in [3.63, 3.8) is 0 Å². The number of alkyl halides is 4. The van der Waals surface area contributed by atoms with Crippen LogP contribution in [0.2, 0.25) is 0 Å². The molecule has 0 bridgehead atoms. The number of urea groups is 1. The van der Waals surface area contributed by atoms with Crippen LogP contribution in [0.3, 0.4) is 0 Å². The molecule has 35 heavy (non-hydrogen) atoms. The second kappa shape index (κ2) is 8.41. The average molecular weight is 483 g/mol. The fourth-order valence-electron chi connectivity index (χ4n) is 4.36. The lowest BCUT2D eigenvalue weighted by atomic mass is 9.91. The molecule has 1 unspecified atom stereocenters. The molecule has 9 heteroatoms. The quantitative estimate of drug-likeness (QED) is 0.439. The first-order valence-corrected chi connectivity index (χ1v) is 11.1. The summed E-state index contributed by atoms with van der Waals surface area (Å²) in [4.78, 5) is 13.1. The second-order valence-electron chi connectivity index (χ2n) is 8.39. The number of hydrogen-bond donors (Lipinski definition) is 1. The standard InChI is InChI=1S/C26H21F4N3O2/c1-2-16-13-19(14-21-23(16)35-26(29,30)25(21,27)28)31-24(34)33-15-20(17-9-5-3-6-10-17)22(32-33)18-11-7-4-8-12-18/h3-14,20H,2,15H2,1H3,(H,31,34). The predicted molar refractivity (Wildman–Crippen MR) is 123 cm³/mol. The Bertz CT molecular complexity index is 1300. The number of halogens is 4. The molecule has 1 N–H and O–H groups in total. The molecule has 2 aliphatic rings. The van der Waals surface area contributed by atoms with Crippen LogP contribution in [0, 0.1) is 0 Å². The van der Waals surface area contributed by atoms with Crippen molar-refractivity contribution in [1.29, 1.82) is 0 Å². The van der Waals surface area contributed by atoms with E-state index in [1.165, 1.54) is 11.1 Å². The van der Waals surface area contributed by atoms with Gasteiger partial charge in [0.05, 0.1) is 17.8 Å². The molecule has 180 valence electrons. The molecule has 0 aromatic heterocycles. The summed E-state index contributed by atoms with van der Waals surface area (Å²) in [6.45, 7) is 1.85. The van der Waals surface area contributed by atoms with Crippen molar-refractivity contribution < 1.29 is 27.1 Å².